The summed E-state index contributed by atoms with van der Waals surface area (Å²) >= 11 is 18.1. The molecule has 3 rings (SSSR count). The molecule has 2 N–H and O–H groups in total. The fraction of sp³-hybridized carbons (Fsp3) is 0.111. The van der Waals surface area contributed by atoms with Crippen molar-refractivity contribution < 1.29 is 9.72 Å². The van der Waals surface area contributed by atoms with Gasteiger partial charge in [-0.3, -0.25) is 19.7 Å². The number of nitro groups is 1. The van der Waals surface area contributed by atoms with Crippen molar-refractivity contribution in [2.45, 2.75) is 13.3 Å². The number of rotatable bonds is 5. The third-order valence-electron chi connectivity index (χ3n) is 4.07. The van der Waals surface area contributed by atoms with E-state index in [0.29, 0.717) is 10.7 Å². The molecule has 2 aromatic carbocycles. The van der Waals surface area contributed by atoms with Gasteiger partial charge in [0.15, 0.2) is 5.78 Å². The van der Waals surface area contributed by atoms with E-state index in [1.54, 1.807) is 19.1 Å². The highest BCUT2D eigenvalue weighted by Gasteiger charge is 2.25. The number of hydrogen-bond acceptors (Lipinski definition) is 5. The molecule has 1 heterocycles. The third kappa shape index (κ3) is 3.56. The maximum atomic E-state index is 13.0. The van der Waals surface area contributed by atoms with Gasteiger partial charge in [0.1, 0.15) is 16.8 Å². The number of non-ortho nitro benzene ring substituents is 1. The standard InChI is InChI=1S/C18H12Cl3N3O4/c1-2-13(25)15-17(26)14-12(24(27)28)6-5-10(20)16(14)23-18(15)22-8-3-4-9(19)11(21)7-8/h3-7H,2H2,1H3,(H2,22,23,26). The van der Waals surface area contributed by atoms with Crippen LogP contribution in [0.15, 0.2) is 35.1 Å². The molecule has 0 saturated carbocycles. The van der Waals surface area contributed by atoms with Crippen molar-refractivity contribution in [3.05, 3.63) is 71.3 Å². The number of pyridine rings is 1. The van der Waals surface area contributed by atoms with Crippen LogP contribution in [0.3, 0.4) is 0 Å². The molecule has 0 amide bonds. The number of nitrogens with one attached hydrogen (secondary N) is 2. The summed E-state index contributed by atoms with van der Waals surface area (Å²) < 4.78 is 0. The van der Waals surface area contributed by atoms with Crippen LogP contribution in [0.2, 0.25) is 15.1 Å². The van der Waals surface area contributed by atoms with E-state index in [0.717, 1.165) is 6.07 Å². The van der Waals surface area contributed by atoms with E-state index in [4.69, 9.17) is 34.8 Å². The van der Waals surface area contributed by atoms with Crippen LogP contribution in [0.25, 0.3) is 10.9 Å². The number of carbonyl (C=O) groups excluding carboxylic acids is 1. The molecule has 3 aromatic rings. The molecule has 28 heavy (non-hydrogen) atoms. The summed E-state index contributed by atoms with van der Waals surface area (Å²) in [5.41, 5.74) is -0.942. The second-order valence-electron chi connectivity index (χ2n) is 5.81. The number of aromatic amines is 1. The molecule has 0 radical (unpaired) electrons. The van der Waals surface area contributed by atoms with Crippen molar-refractivity contribution in [2.24, 2.45) is 0 Å². The van der Waals surface area contributed by atoms with Crippen molar-refractivity contribution in [1.29, 1.82) is 0 Å². The fourth-order valence-electron chi connectivity index (χ4n) is 2.75. The summed E-state index contributed by atoms with van der Waals surface area (Å²) in [7, 11) is 0. The monoisotopic (exact) mass is 439 g/mol. The van der Waals surface area contributed by atoms with Gasteiger partial charge >= 0.3 is 0 Å². The normalized spacial score (nSPS) is 10.9. The Labute approximate surface area is 173 Å². The maximum absolute atomic E-state index is 13.0. The number of aromatic nitrogens is 1. The number of Topliss-reactive ketones (excluding diaryl/α,β-unsaturated/α-hetero) is 1. The lowest BCUT2D eigenvalue weighted by atomic mass is 10.0. The van der Waals surface area contributed by atoms with Gasteiger partial charge in [0.2, 0.25) is 5.43 Å². The Hall–Kier alpha value is -2.61. The van der Waals surface area contributed by atoms with Crippen LogP contribution in [0.1, 0.15) is 23.7 Å². The highest BCUT2D eigenvalue weighted by atomic mass is 35.5. The summed E-state index contributed by atoms with van der Waals surface area (Å²) in [6, 6.07) is 7.10. The van der Waals surface area contributed by atoms with Crippen LogP contribution in [0, 0.1) is 10.1 Å². The Morgan fingerprint density at radius 3 is 2.43 bits per heavy atom. The van der Waals surface area contributed by atoms with Gasteiger partial charge in [0, 0.05) is 18.2 Å². The van der Waals surface area contributed by atoms with Crippen LogP contribution in [0.4, 0.5) is 17.2 Å². The fourth-order valence-corrected chi connectivity index (χ4v) is 3.25. The Morgan fingerprint density at radius 2 is 1.82 bits per heavy atom. The molecule has 0 unspecified atom stereocenters. The first-order valence-corrected chi connectivity index (χ1v) is 9.16. The van der Waals surface area contributed by atoms with E-state index < -0.39 is 21.8 Å². The van der Waals surface area contributed by atoms with Crippen LogP contribution in [-0.2, 0) is 0 Å². The van der Waals surface area contributed by atoms with Crippen molar-refractivity contribution in [3.63, 3.8) is 0 Å². The summed E-state index contributed by atoms with van der Waals surface area (Å²) in [5, 5.41) is 14.7. The summed E-state index contributed by atoms with van der Waals surface area (Å²) in [6.45, 7) is 1.58. The largest absolute Gasteiger partial charge is 0.341 e. The number of nitro benzene ring substituents is 1. The highest BCUT2D eigenvalue weighted by Crippen LogP contribution is 2.32. The summed E-state index contributed by atoms with van der Waals surface area (Å²) in [5.74, 6) is -0.426. The zero-order valence-corrected chi connectivity index (χ0v) is 16.6. The van der Waals surface area contributed by atoms with Gasteiger partial charge in [-0.1, -0.05) is 41.7 Å². The second kappa shape index (κ2) is 7.79. The zero-order valence-electron chi connectivity index (χ0n) is 14.3. The minimum Gasteiger partial charge on any atom is -0.341 e. The molecular formula is C18H12Cl3N3O4. The van der Waals surface area contributed by atoms with E-state index in [9.17, 15) is 19.7 Å². The van der Waals surface area contributed by atoms with E-state index >= 15 is 0 Å². The highest BCUT2D eigenvalue weighted by molar-refractivity contribution is 6.42. The third-order valence-corrected chi connectivity index (χ3v) is 5.13. The smallest absolute Gasteiger partial charge is 0.282 e. The molecule has 0 aliphatic heterocycles. The molecule has 0 saturated heterocycles. The molecule has 0 spiro atoms. The predicted octanol–water partition coefficient (Wildman–Crippen LogP) is 5.73. The van der Waals surface area contributed by atoms with E-state index in [1.807, 2.05) is 0 Å². The Bertz CT molecular complexity index is 1190. The minimum absolute atomic E-state index is 0.0268. The van der Waals surface area contributed by atoms with E-state index in [1.165, 1.54) is 12.1 Å². The molecule has 0 bridgehead atoms. The van der Waals surface area contributed by atoms with Crippen LogP contribution in [-0.4, -0.2) is 15.7 Å². The quantitative estimate of drug-likeness (QED) is 0.299. The number of ketones is 1. The maximum Gasteiger partial charge on any atom is 0.282 e. The Balaban J connectivity index is 2.34. The number of nitrogens with zero attached hydrogens (tertiary/aromatic N) is 1. The molecule has 10 heteroatoms. The molecule has 0 aliphatic carbocycles. The van der Waals surface area contributed by atoms with Gasteiger partial charge in [0.25, 0.3) is 5.69 Å². The van der Waals surface area contributed by atoms with E-state index in [2.05, 4.69) is 10.3 Å². The van der Waals surface area contributed by atoms with Crippen molar-refractivity contribution in [2.75, 3.05) is 5.32 Å². The molecule has 0 aliphatic rings. The molecule has 1 aromatic heterocycles. The number of H-pyrrole nitrogens is 1. The molecule has 7 nitrogen and oxygen atoms in total. The second-order valence-corrected chi connectivity index (χ2v) is 7.03. The number of halogens is 3. The Morgan fingerprint density at radius 1 is 1.14 bits per heavy atom. The number of fused-ring (bicyclic) bond motifs is 1. The van der Waals surface area contributed by atoms with Gasteiger partial charge in [-0.05, 0) is 24.3 Å². The number of carbonyl (C=O) groups is 1. The predicted molar refractivity (Wildman–Crippen MR) is 111 cm³/mol. The molecule has 0 fully saturated rings. The van der Waals surface area contributed by atoms with Crippen molar-refractivity contribution >= 4 is 68.7 Å². The first-order valence-electron chi connectivity index (χ1n) is 8.02. The minimum atomic E-state index is -0.780. The molecule has 0 atom stereocenters. The average Bonchev–Trinajstić information content (AvgIpc) is 2.65. The average molecular weight is 441 g/mol. The van der Waals surface area contributed by atoms with Gasteiger partial charge < -0.3 is 10.3 Å². The van der Waals surface area contributed by atoms with Crippen LogP contribution in [0.5, 0.6) is 0 Å². The van der Waals surface area contributed by atoms with Gasteiger partial charge in [-0.25, -0.2) is 0 Å². The van der Waals surface area contributed by atoms with Gasteiger partial charge in [-0.2, -0.15) is 0 Å². The number of hydrogen-bond donors (Lipinski definition) is 2. The first kappa shape index (κ1) is 20.1. The lowest BCUT2D eigenvalue weighted by Crippen LogP contribution is -2.20. The summed E-state index contributed by atoms with van der Waals surface area (Å²) in [4.78, 5) is 39.0. The Kier molecular flexibility index (Phi) is 5.60. The lowest BCUT2D eigenvalue weighted by molar-refractivity contribution is -0.383. The summed E-state index contributed by atoms with van der Waals surface area (Å²) in [6.07, 6.45) is 0.0268. The first-order chi connectivity index (χ1) is 13.2. The van der Waals surface area contributed by atoms with Crippen molar-refractivity contribution in [1.82, 2.24) is 4.98 Å². The SMILES string of the molecule is CCC(=O)c1c(Nc2ccc(Cl)c(Cl)c2)[nH]c2c(Cl)ccc([N+](=O)[O-])c2c1=O. The van der Waals surface area contributed by atoms with Gasteiger partial charge in [-0.15, -0.1) is 0 Å². The topological polar surface area (TPSA) is 105 Å². The van der Waals surface area contributed by atoms with Crippen molar-refractivity contribution in [3.8, 4) is 0 Å². The van der Waals surface area contributed by atoms with Gasteiger partial charge in [0.05, 0.1) is 25.5 Å². The number of benzene rings is 2. The van der Waals surface area contributed by atoms with Crippen LogP contribution < -0.4 is 10.7 Å². The lowest BCUT2D eigenvalue weighted by Gasteiger charge is -2.14. The molecule has 144 valence electrons. The molecular weight excluding hydrogens is 429 g/mol. The van der Waals surface area contributed by atoms with Crippen LogP contribution >= 0.6 is 34.8 Å². The van der Waals surface area contributed by atoms with E-state index in [-0.39, 0.29) is 38.8 Å². The number of anilines is 2. The zero-order chi connectivity index (χ0) is 20.6.